The topological polar surface area (TPSA) is 84.3 Å². The van der Waals surface area contributed by atoms with E-state index in [0.717, 1.165) is 23.1 Å². The molecule has 0 spiro atoms. The van der Waals surface area contributed by atoms with Crippen LogP contribution in [0, 0.1) is 13.8 Å². The van der Waals surface area contributed by atoms with Crippen molar-refractivity contribution in [2.75, 3.05) is 11.9 Å². The summed E-state index contributed by atoms with van der Waals surface area (Å²) in [4.78, 5) is 13.4. The van der Waals surface area contributed by atoms with Gasteiger partial charge in [0.05, 0.1) is 10.6 Å². The summed E-state index contributed by atoms with van der Waals surface area (Å²) in [6.07, 6.45) is 2.15. The highest BCUT2D eigenvalue weighted by Gasteiger charge is 2.33. The highest BCUT2D eigenvalue weighted by molar-refractivity contribution is 7.91. The van der Waals surface area contributed by atoms with Gasteiger partial charge in [-0.05, 0) is 32.4 Å². The van der Waals surface area contributed by atoms with Gasteiger partial charge < -0.3 is 5.32 Å². The first-order valence-electron chi connectivity index (χ1n) is 9.52. The Morgan fingerprint density at radius 3 is 2.41 bits per heavy atom. The van der Waals surface area contributed by atoms with Crippen LogP contribution in [0.15, 0.2) is 63.7 Å². The highest BCUT2D eigenvalue weighted by Crippen LogP contribution is 2.39. The number of sulfone groups is 1. The van der Waals surface area contributed by atoms with Crippen molar-refractivity contribution in [3.63, 3.8) is 0 Å². The lowest BCUT2D eigenvalue weighted by Gasteiger charge is -2.11. The van der Waals surface area contributed by atoms with Gasteiger partial charge in [-0.2, -0.15) is 0 Å². The van der Waals surface area contributed by atoms with Gasteiger partial charge in [-0.3, -0.25) is 0 Å². The summed E-state index contributed by atoms with van der Waals surface area (Å²) >= 11 is 0. The fourth-order valence-corrected chi connectivity index (χ4v) is 4.79. The molecule has 6 nitrogen and oxygen atoms in total. The number of benzene rings is 2. The Balaban J connectivity index is 2.07. The Hall–Kier alpha value is -3.06. The van der Waals surface area contributed by atoms with Crippen molar-refractivity contribution >= 4 is 27.1 Å². The normalized spacial score (nSPS) is 14.4. The third-order valence-corrected chi connectivity index (χ3v) is 6.56. The number of aromatic nitrogens is 2. The molecule has 0 bridgehead atoms. The Labute approximate surface area is 170 Å². The molecule has 1 N–H and O–H groups in total. The predicted molar refractivity (Wildman–Crippen MR) is 114 cm³/mol. The molecule has 0 unspecified atom stereocenters. The van der Waals surface area contributed by atoms with Crippen molar-refractivity contribution in [1.82, 2.24) is 9.97 Å². The van der Waals surface area contributed by atoms with Gasteiger partial charge in [-0.1, -0.05) is 48.4 Å². The van der Waals surface area contributed by atoms with Crippen molar-refractivity contribution < 1.29 is 8.42 Å². The number of fused-ring (bicyclic) bond motifs is 2. The van der Waals surface area contributed by atoms with E-state index >= 15 is 0 Å². The van der Waals surface area contributed by atoms with Crippen LogP contribution in [0.4, 0.5) is 11.5 Å². The molecule has 2 aromatic carbocycles. The first-order valence-corrected chi connectivity index (χ1v) is 11.0. The van der Waals surface area contributed by atoms with E-state index in [2.05, 4.69) is 15.3 Å². The molecule has 4 rings (SSSR count). The van der Waals surface area contributed by atoms with E-state index in [-0.39, 0.29) is 15.6 Å². The van der Waals surface area contributed by atoms with Crippen LogP contribution >= 0.6 is 0 Å². The molecule has 0 atom stereocenters. The number of aryl methyl sites for hydroxylation is 2. The van der Waals surface area contributed by atoms with E-state index < -0.39 is 9.84 Å². The number of aliphatic imine (C=N–C) groups is 1. The van der Waals surface area contributed by atoms with Gasteiger partial charge in [0, 0.05) is 17.7 Å². The molecule has 0 saturated heterocycles. The molecule has 0 amide bonds. The quantitative estimate of drug-likeness (QED) is 0.513. The smallest absolute Gasteiger partial charge is 0.226 e. The second-order valence-electron chi connectivity index (χ2n) is 7.13. The molecule has 0 aliphatic carbocycles. The number of hydrogen-bond donors (Lipinski definition) is 1. The van der Waals surface area contributed by atoms with Crippen LogP contribution in [0.3, 0.4) is 0 Å². The van der Waals surface area contributed by atoms with Crippen molar-refractivity contribution in [2.24, 2.45) is 4.99 Å². The molecule has 1 aromatic heterocycles. The predicted octanol–water partition coefficient (Wildman–Crippen LogP) is 4.23. The SMILES string of the molecule is CCCNc1ncnc2c1N=C(c1ccc(C)cc1)c1cc(C)ccc1S2(=O)=O. The van der Waals surface area contributed by atoms with Crippen molar-refractivity contribution in [1.29, 1.82) is 0 Å². The molecular weight excluding hydrogens is 384 g/mol. The summed E-state index contributed by atoms with van der Waals surface area (Å²) in [6.45, 7) is 6.64. The van der Waals surface area contributed by atoms with Crippen LogP contribution in [-0.2, 0) is 9.84 Å². The van der Waals surface area contributed by atoms with Crippen LogP contribution in [0.2, 0.25) is 0 Å². The summed E-state index contributed by atoms with van der Waals surface area (Å²) in [7, 11) is -3.86. The zero-order chi connectivity index (χ0) is 20.6. The van der Waals surface area contributed by atoms with E-state index in [0.29, 0.717) is 23.6 Å². The molecule has 1 aliphatic heterocycles. The fourth-order valence-electron chi connectivity index (χ4n) is 3.30. The fraction of sp³-hybridized carbons (Fsp3) is 0.227. The Bertz CT molecular complexity index is 1220. The average Bonchev–Trinajstić information content (AvgIpc) is 2.80. The van der Waals surface area contributed by atoms with Crippen LogP contribution in [0.25, 0.3) is 0 Å². The van der Waals surface area contributed by atoms with Crippen molar-refractivity contribution in [2.45, 2.75) is 37.1 Å². The van der Waals surface area contributed by atoms with Crippen LogP contribution in [0.1, 0.15) is 35.6 Å². The summed E-state index contributed by atoms with van der Waals surface area (Å²) in [5.74, 6) is 0.426. The molecule has 0 radical (unpaired) electrons. The minimum absolute atomic E-state index is 0.0710. The Kier molecular flexibility index (Phi) is 4.92. The molecule has 3 aromatic rings. The molecule has 2 heterocycles. The maximum Gasteiger partial charge on any atom is 0.226 e. The summed E-state index contributed by atoms with van der Waals surface area (Å²) < 4.78 is 27.0. The first kappa shape index (κ1) is 19.3. The lowest BCUT2D eigenvalue weighted by atomic mass is 9.99. The molecule has 148 valence electrons. The third-order valence-electron chi connectivity index (χ3n) is 4.81. The van der Waals surface area contributed by atoms with E-state index in [1.807, 2.05) is 51.1 Å². The molecule has 0 fully saturated rings. The van der Waals surface area contributed by atoms with Gasteiger partial charge in [-0.25, -0.2) is 23.4 Å². The Morgan fingerprint density at radius 1 is 0.966 bits per heavy atom. The van der Waals surface area contributed by atoms with Crippen LogP contribution in [-0.4, -0.2) is 30.6 Å². The standard InChI is InChI=1S/C22H22N4O2S/c1-4-11-23-21-20-22(25-13-24-21)29(27,28)18-10-7-15(3)12-17(18)19(26-20)16-8-5-14(2)6-9-16/h5-10,12-13H,4,11H2,1-3H3,(H,23,24,25). The third kappa shape index (κ3) is 3.42. The second-order valence-corrected chi connectivity index (χ2v) is 8.97. The number of anilines is 1. The van der Waals surface area contributed by atoms with Gasteiger partial charge in [0.2, 0.25) is 9.84 Å². The maximum atomic E-state index is 13.5. The number of nitrogens with one attached hydrogen (secondary N) is 1. The lowest BCUT2D eigenvalue weighted by Crippen LogP contribution is -2.10. The number of nitrogens with zero attached hydrogens (tertiary/aromatic N) is 3. The summed E-state index contributed by atoms with van der Waals surface area (Å²) in [5, 5.41) is 3.11. The van der Waals surface area contributed by atoms with E-state index in [1.54, 1.807) is 12.1 Å². The van der Waals surface area contributed by atoms with Gasteiger partial charge in [-0.15, -0.1) is 0 Å². The van der Waals surface area contributed by atoms with E-state index in [9.17, 15) is 8.42 Å². The summed E-state index contributed by atoms with van der Waals surface area (Å²) in [5.41, 5.74) is 4.35. The van der Waals surface area contributed by atoms with Gasteiger partial charge in [0.1, 0.15) is 12.0 Å². The largest absolute Gasteiger partial charge is 0.368 e. The van der Waals surface area contributed by atoms with E-state index in [4.69, 9.17) is 4.99 Å². The minimum atomic E-state index is -3.86. The van der Waals surface area contributed by atoms with Crippen molar-refractivity contribution in [3.8, 4) is 0 Å². The molecular formula is C22H22N4O2S. The summed E-state index contributed by atoms with van der Waals surface area (Å²) in [6, 6.07) is 13.2. The highest BCUT2D eigenvalue weighted by atomic mass is 32.2. The zero-order valence-electron chi connectivity index (χ0n) is 16.6. The van der Waals surface area contributed by atoms with Gasteiger partial charge in [0.15, 0.2) is 10.8 Å². The average molecular weight is 407 g/mol. The van der Waals surface area contributed by atoms with Gasteiger partial charge >= 0.3 is 0 Å². The molecule has 29 heavy (non-hydrogen) atoms. The second kappa shape index (κ2) is 7.40. The molecule has 0 saturated carbocycles. The van der Waals surface area contributed by atoms with Crippen LogP contribution < -0.4 is 5.32 Å². The minimum Gasteiger partial charge on any atom is -0.368 e. The monoisotopic (exact) mass is 406 g/mol. The Morgan fingerprint density at radius 2 is 1.69 bits per heavy atom. The van der Waals surface area contributed by atoms with Crippen molar-refractivity contribution in [3.05, 3.63) is 71.0 Å². The zero-order valence-corrected chi connectivity index (χ0v) is 17.4. The first-order chi connectivity index (χ1) is 13.9. The number of hydrogen-bond acceptors (Lipinski definition) is 6. The maximum absolute atomic E-state index is 13.5. The van der Waals surface area contributed by atoms with Gasteiger partial charge in [0.25, 0.3) is 0 Å². The van der Waals surface area contributed by atoms with Crippen LogP contribution in [0.5, 0.6) is 0 Å². The number of rotatable bonds is 4. The molecule has 7 heteroatoms. The van der Waals surface area contributed by atoms with E-state index in [1.165, 1.54) is 6.33 Å². The lowest BCUT2D eigenvalue weighted by molar-refractivity contribution is 0.592. The molecule has 1 aliphatic rings.